The number of fused-ring (bicyclic) bond motifs is 1. The molecule has 1 aliphatic rings. The number of carbonyl (C=O) groups is 1. The Kier molecular flexibility index (Phi) is 5.07. The lowest BCUT2D eigenvalue weighted by Gasteiger charge is -2.20. The number of carbonyl (C=O) groups excluding carboxylic acids is 1. The van der Waals surface area contributed by atoms with Gasteiger partial charge in [0.1, 0.15) is 6.10 Å². The minimum Gasteiger partial charge on any atom is -0.370 e. The molecule has 1 N–H and O–H groups in total. The van der Waals surface area contributed by atoms with Crippen molar-refractivity contribution >= 4 is 27.5 Å². The number of nitrogens with one attached hydrogen (secondary N) is 1. The smallest absolute Gasteiger partial charge is 0.317 e. The third-order valence-corrected chi connectivity index (χ3v) is 4.95. The van der Waals surface area contributed by atoms with E-state index in [4.69, 9.17) is 4.74 Å². The molecule has 7 heteroatoms. The maximum atomic E-state index is 12.7. The number of amides is 2. The summed E-state index contributed by atoms with van der Waals surface area (Å²) in [5.41, 5.74) is 1.07. The summed E-state index contributed by atoms with van der Waals surface area (Å²) in [6.07, 6.45) is -3.42. The van der Waals surface area contributed by atoms with E-state index in [0.29, 0.717) is 13.1 Å². The molecule has 124 valence electrons. The zero-order chi connectivity index (χ0) is 16.2. The third kappa shape index (κ3) is 3.79. The summed E-state index contributed by atoms with van der Waals surface area (Å²) < 4.78 is 31.6. The summed E-state index contributed by atoms with van der Waals surface area (Å²) in [5, 5.41) is 6.03. The van der Waals surface area contributed by atoms with Crippen LogP contribution in [0.15, 0.2) is 29.6 Å². The van der Waals surface area contributed by atoms with Crippen molar-refractivity contribution in [3.63, 3.8) is 0 Å². The standard InChI is InChI=1S/C16H18F2N2O2S/c17-15(18)13-5-6-20(7-8-22-13)16(21)19-9-11-10-23-14-4-2-1-3-12(11)14/h1-4,10,13,15H,5-9H2,(H,19,21). The van der Waals surface area contributed by atoms with Crippen molar-refractivity contribution in [1.82, 2.24) is 10.2 Å². The molecule has 1 aromatic heterocycles. The first-order chi connectivity index (χ1) is 11.1. The highest BCUT2D eigenvalue weighted by Gasteiger charge is 2.26. The van der Waals surface area contributed by atoms with Crippen molar-refractivity contribution in [2.75, 3.05) is 19.7 Å². The van der Waals surface area contributed by atoms with Crippen molar-refractivity contribution in [1.29, 1.82) is 0 Å². The van der Waals surface area contributed by atoms with Gasteiger partial charge in [0.15, 0.2) is 0 Å². The first kappa shape index (κ1) is 16.1. The van der Waals surface area contributed by atoms with Crippen LogP contribution in [0.2, 0.25) is 0 Å². The normalized spacial score (nSPS) is 19.1. The topological polar surface area (TPSA) is 41.6 Å². The Morgan fingerprint density at radius 1 is 1.39 bits per heavy atom. The largest absolute Gasteiger partial charge is 0.370 e. The molecular formula is C16H18F2N2O2S. The van der Waals surface area contributed by atoms with Gasteiger partial charge in [-0.1, -0.05) is 18.2 Å². The van der Waals surface area contributed by atoms with Crippen LogP contribution in [0.25, 0.3) is 10.1 Å². The van der Waals surface area contributed by atoms with E-state index in [1.54, 1.807) is 11.3 Å². The second-order valence-electron chi connectivity index (χ2n) is 5.44. The van der Waals surface area contributed by atoms with Crippen LogP contribution in [0.5, 0.6) is 0 Å². The summed E-state index contributed by atoms with van der Waals surface area (Å²) in [4.78, 5) is 13.8. The molecule has 1 unspecified atom stereocenters. The van der Waals surface area contributed by atoms with Gasteiger partial charge in [0.25, 0.3) is 6.43 Å². The van der Waals surface area contributed by atoms with Crippen LogP contribution >= 0.6 is 11.3 Å². The van der Waals surface area contributed by atoms with E-state index in [-0.39, 0.29) is 25.6 Å². The molecule has 1 aliphatic heterocycles. The Morgan fingerprint density at radius 2 is 2.22 bits per heavy atom. The highest BCUT2D eigenvalue weighted by Crippen LogP contribution is 2.25. The van der Waals surface area contributed by atoms with E-state index in [1.165, 1.54) is 9.60 Å². The summed E-state index contributed by atoms with van der Waals surface area (Å²) in [5.74, 6) is 0. The molecule has 1 fully saturated rings. The third-order valence-electron chi connectivity index (χ3n) is 3.94. The van der Waals surface area contributed by atoms with E-state index in [2.05, 4.69) is 5.32 Å². The summed E-state index contributed by atoms with van der Waals surface area (Å²) in [6.45, 7) is 1.19. The highest BCUT2D eigenvalue weighted by molar-refractivity contribution is 7.17. The van der Waals surface area contributed by atoms with Gasteiger partial charge in [-0.3, -0.25) is 0 Å². The summed E-state index contributed by atoms with van der Waals surface area (Å²) >= 11 is 1.64. The molecule has 2 aromatic rings. The number of rotatable bonds is 3. The Balaban J connectivity index is 1.57. The maximum Gasteiger partial charge on any atom is 0.317 e. The number of alkyl halides is 2. The van der Waals surface area contributed by atoms with Gasteiger partial charge in [0.2, 0.25) is 0 Å². The highest BCUT2D eigenvalue weighted by atomic mass is 32.1. The number of benzene rings is 1. The van der Waals surface area contributed by atoms with Crippen molar-refractivity contribution < 1.29 is 18.3 Å². The van der Waals surface area contributed by atoms with Gasteiger partial charge in [-0.25, -0.2) is 13.6 Å². The van der Waals surface area contributed by atoms with Crippen LogP contribution in [-0.4, -0.2) is 43.2 Å². The molecule has 1 saturated heterocycles. The zero-order valence-electron chi connectivity index (χ0n) is 12.5. The molecule has 0 radical (unpaired) electrons. The predicted molar refractivity (Wildman–Crippen MR) is 86.0 cm³/mol. The molecule has 0 saturated carbocycles. The Hall–Kier alpha value is -1.73. The zero-order valence-corrected chi connectivity index (χ0v) is 13.3. The second kappa shape index (κ2) is 7.23. The fourth-order valence-electron chi connectivity index (χ4n) is 2.65. The van der Waals surface area contributed by atoms with E-state index in [0.717, 1.165) is 10.9 Å². The average Bonchev–Trinajstić information content (AvgIpc) is 2.79. The van der Waals surface area contributed by atoms with Crippen LogP contribution < -0.4 is 5.32 Å². The van der Waals surface area contributed by atoms with E-state index in [1.807, 2.05) is 29.6 Å². The molecule has 3 rings (SSSR count). The second-order valence-corrected chi connectivity index (χ2v) is 6.35. The summed E-state index contributed by atoms with van der Waals surface area (Å²) in [6, 6.07) is 7.79. The van der Waals surface area contributed by atoms with Crippen molar-refractivity contribution in [2.24, 2.45) is 0 Å². The molecule has 2 heterocycles. The van der Waals surface area contributed by atoms with Gasteiger partial charge >= 0.3 is 6.03 Å². The first-order valence-electron chi connectivity index (χ1n) is 7.53. The van der Waals surface area contributed by atoms with E-state index >= 15 is 0 Å². The maximum absolute atomic E-state index is 12.7. The SMILES string of the molecule is O=C(NCc1csc2ccccc12)N1CCOC(C(F)F)CC1. The number of ether oxygens (including phenoxy) is 1. The lowest BCUT2D eigenvalue weighted by molar-refractivity contribution is -0.0495. The van der Waals surface area contributed by atoms with E-state index in [9.17, 15) is 13.6 Å². The quantitative estimate of drug-likeness (QED) is 0.930. The molecule has 23 heavy (non-hydrogen) atoms. The van der Waals surface area contributed by atoms with Crippen LogP contribution in [0.3, 0.4) is 0 Å². The minimum absolute atomic E-state index is 0.143. The fraction of sp³-hybridized carbons (Fsp3) is 0.438. The van der Waals surface area contributed by atoms with Gasteiger partial charge in [-0.2, -0.15) is 0 Å². The molecule has 1 atom stereocenters. The average molecular weight is 340 g/mol. The molecule has 0 aliphatic carbocycles. The van der Waals surface area contributed by atoms with Gasteiger partial charge < -0.3 is 15.0 Å². The Labute approximate surface area is 137 Å². The molecule has 2 amide bonds. The lowest BCUT2D eigenvalue weighted by atomic mass is 10.2. The van der Waals surface area contributed by atoms with E-state index < -0.39 is 12.5 Å². The van der Waals surface area contributed by atoms with Gasteiger partial charge in [0, 0.05) is 24.3 Å². The van der Waals surface area contributed by atoms with Crippen LogP contribution in [0.1, 0.15) is 12.0 Å². The van der Waals surface area contributed by atoms with Crippen LogP contribution in [0.4, 0.5) is 13.6 Å². The molecule has 1 aromatic carbocycles. The lowest BCUT2D eigenvalue weighted by Crippen LogP contribution is -2.41. The van der Waals surface area contributed by atoms with Crippen LogP contribution in [0, 0.1) is 0 Å². The number of urea groups is 1. The van der Waals surface area contributed by atoms with Crippen molar-refractivity contribution in [3.8, 4) is 0 Å². The molecular weight excluding hydrogens is 322 g/mol. The Morgan fingerprint density at radius 3 is 3.04 bits per heavy atom. The number of hydrogen-bond donors (Lipinski definition) is 1. The number of halogens is 2. The van der Waals surface area contributed by atoms with Crippen molar-refractivity contribution in [2.45, 2.75) is 25.5 Å². The predicted octanol–water partition coefficient (Wildman–Crippen LogP) is 3.47. The number of thiophene rings is 1. The summed E-state index contributed by atoms with van der Waals surface area (Å²) in [7, 11) is 0. The molecule has 0 bridgehead atoms. The van der Waals surface area contributed by atoms with Crippen molar-refractivity contribution in [3.05, 3.63) is 35.2 Å². The van der Waals surface area contributed by atoms with Gasteiger partial charge in [-0.05, 0) is 28.8 Å². The Bertz CT molecular complexity index is 677. The number of nitrogens with zero attached hydrogens (tertiary/aromatic N) is 1. The van der Waals surface area contributed by atoms with Gasteiger partial charge in [-0.15, -0.1) is 11.3 Å². The minimum atomic E-state index is -2.50. The molecule has 4 nitrogen and oxygen atoms in total. The van der Waals surface area contributed by atoms with Crippen LogP contribution in [-0.2, 0) is 11.3 Å². The van der Waals surface area contributed by atoms with Gasteiger partial charge in [0.05, 0.1) is 6.61 Å². The monoisotopic (exact) mass is 340 g/mol. The number of hydrogen-bond acceptors (Lipinski definition) is 3. The molecule has 0 spiro atoms. The fourth-order valence-corrected chi connectivity index (χ4v) is 3.61. The first-order valence-corrected chi connectivity index (χ1v) is 8.41.